The highest BCUT2D eigenvalue weighted by atomic mass is 16.7. The summed E-state index contributed by atoms with van der Waals surface area (Å²) in [5.41, 5.74) is 7.54. The van der Waals surface area contributed by atoms with E-state index in [1.807, 2.05) is 0 Å². The third kappa shape index (κ3) is 6.85. The number of aliphatic imine (C=N–C) groups is 1. The Morgan fingerprint density at radius 2 is 2.33 bits per heavy atom. The van der Waals surface area contributed by atoms with Crippen LogP contribution in [-0.4, -0.2) is 18.5 Å². The second kappa shape index (κ2) is 6.45. The normalized spacial score (nSPS) is 11.0. The summed E-state index contributed by atoms with van der Waals surface area (Å²) in [6.45, 7) is 3.99. The number of rotatable bonds is 3. The van der Waals surface area contributed by atoms with Crippen LogP contribution >= 0.6 is 0 Å². The zero-order valence-corrected chi connectivity index (χ0v) is 7.46. The molecule has 0 fully saturated rings. The fourth-order valence-corrected chi connectivity index (χ4v) is 0.514. The van der Waals surface area contributed by atoms with Crippen molar-refractivity contribution in [2.45, 2.75) is 26.7 Å². The molecule has 70 valence electrons. The zero-order chi connectivity index (χ0) is 9.40. The number of unbranched alkanes of at least 4 members (excludes halogenated alkanes) is 1. The van der Waals surface area contributed by atoms with Crippen LogP contribution in [0.2, 0.25) is 0 Å². The predicted molar refractivity (Wildman–Crippen MR) is 46.3 cm³/mol. The summed E-state index contributed by atoms with van der Waals surface area (Å²) in [5.74, 6) is -0.303. The van der Waals surface area contributed by atoms with Crippen molar-refractivity contribution in [1.29, 1.82) is 0 Å². The molecule has 0 aromatic heterocycles. The van der Waals surface area contributed by atoms with E-state index in [1.54, 1.807) is 0 Å². The zero-order valence-electron chi connectivity index (χ0n) is 7.46. The number of carbonyl (C=O) groups is 1. The molecule has 0 atom stereocenters. The Balaban J connectivity index is 3.48. The van der Waals surface area contributed by atoms with Crippen LogP contribution in [0.3, 0.4) is 0 Å². The highest BCUT2D eigenvalue weighted by Gasteiger charge is 1.93. The van der Waals surface area contributed by atoms with E-state index in [4.69, 9.17) is 5.73 Å². The SMILES string of the molecule is CCCCN=C(N)NOC(C)=O. The molecule has 0 aromatic carbocycles. The second-order valence-electron chi connectivity index (χ2n) is 2.32. The molecule has 5 nitrogen and oxygen atoms in total. The standard InChI is InChI=1S/C7H15N3O2/c1-3-4-5-9-7(8)10-12-6(2)11/h3-5H2,1-2H3,(H3,8,9,10). The summed E-state index contributed by atoms with van der Waals surface area (Å²) >= 11 is 0. The van der Waals surface area contributed by atoms with Crippen molar-refractivity contribution in [2.24, 2.45) is 10.7 Å². The van der Waals surface area contributed by atoms with E-state index in [0.717, 1.165) is 12.8 Å². The van der Waals surface area contributed by atoms with Gasteiger partial charge in [0.05, 0.1) is 0 Å². The van der Waals surface area contributed by atoms with Crippen LogP contribution in [0.5, 0.6) is 0 Å². The number of nitrogens with one attached hydrogen (secondary N) is 1. The fourth-order valence-electron chi connectivity index (χ4n) is 0.514. The molecule has 0 aliphatic rings. The molecule has 0 amide bonds. The molecule has 0 aromatic rings. The Morgan fingerprint density at radius 3 is 2.83 bits per heavy atom. The van der Waals surface area contributed by atoms with Gasteiger partial charge in [0.15, 0.2) is 0 Å². The van der Waals surface area contributed by atoms with Crippen molar-refractivity contribution < 1.29 is 9.63 Å². The van der Waals surface area contributed by atoms with Gasteiger partial charge < -0.3 is 10.6 Å². The van der Waals surface area contributed by atoms with Gasteiger partial charge in [-0.15, -0.1) is 0 Å². The summed E-state index contributed by atoms with van der Waals surface area (Å²) in [4.78, 5) is 18.6. The third-order valence-corrected chi connectivity index (χ3v) is 1.09. The highest BCUT2D eigenvalue weighted by molar-refractivity contribution is 5.78. The minimum atomic E-state index is -0.441. The Bertz CT molecular complexity index is 168. The van der Waals surface area contributed by atoms with Gasteiger partial charge in [-0.25, -0.2) is 0 Å². The molecule has 0 bridgehead atoms. The summed E-state index contributed by atoms with van der Waals surface area (Å²) in [5, 5.41) is 0. The number of nitrogens with zero attached hydrogens (tertiary/aromatic N) is 1. The first-order valence-corrected chi connectivity index (χ1v) is 3.90. The lowest BCUT2D eigenvalue weighted by atomic mass is 10.3. The Morgan fingerprint density at radius 1 is 1.67 bits per heavy atom. The molecule has 0 saturated heterocycles. The van der Waals surface area contributed by atoms with Crippen molar-refractivity contribution in [3.05, 3.63) is 0 Å². The van der Waals surface area contributed by atoms with E-state index in [9.17, 15) is 4.79 Å². The molecule has 5 heteroatoms. The van der Waals surface area contributed by atoms with Gasteiger partial charge in [-0.2, -0.15) is 5.48 Å². The minimum Gasteiger partial charge on any atom is -0.368 e. The molecule has 0 aliphatic heterocycles. The van der Waals surface area contributed by atoms with Crippen LogP contribution in [-0.2, 0) is 9.63 Å². The molecule has 0 heterocycles. The van der Waals surface area contributed by atoms with Crippen molar-refractivity contribution in [2.75, 3.05) is 6.54 Å². The first-order chi connectivity index (χ1) is 5.66. The molecule has 0 saturated carbocycles. The van der Waals surface area contributed by atoms with Gasteiger partial charge in [0, 0.05) is 13.5 Å². The molecular weight excluding hydrogens is 158 g/mol. The number of guanidine groups is 1. The number of nitrogens with two attached hydrogens (primary N) is 1. The first-order valence-electron chi connectivity index (χ1n) is 3.90. The molecule has 0 spiro atoms. The lowest BCUT2D eigenvalue weighted by Crippen LogP contribution is -2.33. The Kier molecular flexibility index (Phi) is 5.77. The van der Waals surface area contributed by atoms with E-state index in [2.05, 4.69) is 22.2 Å². The van der Waals surface area contributed by atoms with Crippen LogP contribution in [0.1, 0.15) is 26.7 Å². The molecule has 0 aliphatic carbocycles. The molecule has 0 radical (unpaired) electrons. The predicted octanol–water partition coefficient (Wildman–Crippen LogP) is 0.169. The number of carbonyl (C=O) groups excluding carboxylic acids is 1. The summed E-state index contributed by atoms with van der Waals surface area (Å²) in [7, 11) is 0. The maximum absolute atomic E-state index is 10.3. The van der Waals surface area contributed by atoms with Crippen molar-refractivity contribution in [3.8, 4) is 0 Å². The Hall–Kier alpha value is -1.26. The van der Waals surface area contributed by atoms with Crippen molar-refractivity contribution >= 4 is 11.9 Å². The van der Waals surface area contributed by atoms with Crippen LogP contribution in [0.25, 0.3) is 0 Å². The van der Waals surface area contributed by atoms with Crippen molar-refractivity contribution in [3.63, 3.8) is 0 Å². The van der Waals surface area contributed by atoms with Crippen LogP contribution in [0.4, 0.5) is 0 Å². The van der Waals surface area contributed by atoms with Gasteiger partial charge in [-0.3, -0.25) is 9.79 Å². The van der Waals surface area contributed by atoms with Gasteiger partial charge in [-0.1, -0.05) is 13.3 Å². The second-order valence-corrected chi connectivity index (χ2v) is 2.32. The van der Waals surface area contributed by atoms with E-state index in [0.29, 0.717) is 6.54 Å². The monoisotopic (exact) mass is 173 g/mol. The smallest absolute Gasteiger partial charge is 0.329 e. The maximum Gasteiger partial charge on any atom is 0.329 e. The number of hydroxylamine groups is 1. The van der Waals surface area contributed by atoms with Gasteiger partial charge in [0.2, 0.25) is 5.96 Å². The van der Waals surface area contributed by atoms with Gasteiger partial charge >= 0.3 is 5.97 Å². The van der Waals surface area contributed by atoms with E-state index in [-0.39, 0.29) is 5.96 Å². The van der Waals surface area contributed by atoms with E-state index >= 15 is 0 Å². The van der Waals surface area contributed by atoms with E-state index in [1.165, 1.54) is 6.92 Å². The fraction of sp³-hybridized carbons (Fsp3) is 0.714. The molecule has 0 unspecified atom stereocenters. The summed E-state index contributed by atoms with van der Waals surface area (Å²) in [6, 6.07) is 0. The quantitative estimate of drug-likeness (QED) is 0.276. The number of hydrogen-bond acceptors (Lipinski definition) is 3. The minimum absolute atomic E-state index is 0.138. The van der Waals surface area contributed by atoms with Gasteiger partial charge in [-0.05, 0) is 6.42 Å². The molecule has 3 N–H and O–H groups in total. The molecular formula is C7H15N3O2. The topological polar surface area (TPSA) is 76.7 Å². The van der Waals surface area contributed by atoms with Gasteiger partial charge in [0.1, 0.15) is 0 Å². The first kappa shape index (κ1) is 10.7. The average Bonchev–Trinajstić information content (AvgIpc) is 2.01. The summed E-state index contributed by atoms with van der Waals surface area (Å²) < 4.78 is 0. The highest BCUT2D eigenvalue weighted by Crippen LogP contribution is 1.85. The summed E-state index contributed by atoms with van der Waals surface area (Å²) in [6.07, 6.45) is 2.03. The van der Waals surface area contributed by atoms with Crippen molar-refractivity contribution in [1.82, 2.24) is 5.48 Å². The van der Waals surface area contributed by atoms with Crippen LogP contribution in [0.15, 0.2) is 4.99 Å². The van der Waals surface area contributed by atoms with Gasteiger partial charge in [0.25, 0.3) is 0 Å². The lowest BCUT2D eigenvalue weighted by Gasteiger charge is -2.02. The van der Waals surface area contributed by atoms with Crippen LogP contribution in [0, 0.1) is 0 Å². The Labute approximate surface area is 71.9 Å². The number of hydrogen-bond donors (Lipinski definition) is 2. The molecule has 12 heavy (non-hydrogen) atoms. The average molecular weight is 173 g/mol. The third-order valence-electron chi connectivity index (χ3n) is 1.09. The largest absolute Gasteiger partial charge is 0.368 e. The molecule has 0 rings (SSSR count). The maximum atomic E-state index is 10.3. The van der Waals surface area contributed by atoms with E-state index < -0.39 is 5.97 Å². The van der Waals surface area contributed by atoms with Crippen LogP contribution < -0.4 is 11.2 Å². The lowest BCUT2D eigenvalue weighted by molar-refractivity contribution is -0.145.